The quantitative estimate of drug-likeness (QED) is 0.328. The molecule has 0 saturated heterocycles. The largest absolute Gasteiger partial charge is 0.293 e. The van der Waals surface area contributed by atoms with Crippen molar-refractivity contribution in [3.05, 3.63) is 69.8 Å². The van der Waals surface area contributed by atoms with Crippen LogP contribution in [0.15, 0.2) is 45.1 Å². The number of carbonyl (C=O) groups is 2. The van der Waals surface area contributed by atoms with E-state index in [0.717, 1.165) is 42.1 Å². The number of nitrogens with zero attached hydrogens (tertiary/aromatic N) is 2. The maximum absolute atomic E-state index is 12.5. The standard InChI is InChI=1S/C22H22N2O2S3/c1-13-5-7-17(15(3)9-13)19(25)11-27-21-23-24-22(29-21)28-12-20(26)18-8-6-14(2)10-16(18)4/h5-10H,11-12H2,1-4H3. The molecule has 3 rings (SSSR count). The van der Waals surface area contributed by atoms with Crippen molar-refractivity contribution in [3.8, 4) is 0 Å². The summed E-state index contributed by atoms with van der Waals surface area (Å²) in [4.78, 5) is 24.9. The van der Waals surface area contributed by atoms with E-state index >= 15 is 0 Å². The van der Waals surface area contributed by atoms with E-state index in [2.05, 4.69) is 10.2 Å². The van der Waals surface area contributed by atoms with Crippen LogP contribution in [0.5, 0.6) is 0 Å². The van der Waals surface area contributed by atoms with Crippen LogP contribution in [-0.2, 0) is 0 Å². The highest BCUT2D eigenvalue weighted by atomic mass is 32.2. The van der Waals surface area contributed by atoms with Gasteiger partial charge in [0, 0.05) is 11.1 Å². The van der Waals surface area contributed by atoms with Gasteiger partial charge >= 0.3 is 0 Å². The first-order valence-corrected chi connectivity index (χ1v) is 11.9. The molecule has 0 aliphatic heterocycles. The predicted octanol–water partition coefficient (Wildman–Crippen LogP) is 5.72. The van der Waals surface area contributed by atoms with E-state index in [4.69, 9.17) is 0 Å². The zero-order chi connectivity index (χ0) is 21.0. The number of hydrogen-bond donors (Lipinski definition) is 0. The average molecular weight is 443 g/mol. The van der Waals surface area contributed by atoms with E-state index in [1.165, 1.54) is 34.9 Å². The van der Waals surface area contributed by atoms with Crippen LogP contribution in [0, 0.1) is 27.7 Å². The summed E-state index contributed by atoms with van der Waals surface area (Å²) in [5.41, 5.74) is 5.78. The molecular formula is C22H22N2O2S3. The van der Waals surface area contributed by atoms with Gasteiger partial charge in [0.15, 0.2) is 20.2 Å². The van der Waals surface area contributed by atoms with E-state index in [1.54, 1.807) is 0 Å². The van der Waals surface area contributed by atoms with Crippen molar-refractivity contribution in [2.24, 2.45) is 0 Å². The number of carbonyl (C=O) groups excluding carboxylic acids is 2. The molecule has 0 radical (unpaired) electrons. The smallest absolute Gasteiger partial charge is 0.175 e. The summed E-state index contributed by atoms with van der Waals surface area (Å²) in [7, 11) is 0. The lowest BCUT2D eigenvalue weighted by atomic mass is 10.0. The Morgan fingerprint density at radius 2 is 1.17 bits per heavy atom. The first-order valence-electron chi connectivity index (χ1n) is 9.13. The Morgan fingerprint density at radius 1 is 0.759 bits per heavy atom. The van der Waals surface area contributed by atoms with Gasteiger partial charge in [0.1, 0.15) is 0 Å². The van der Waals surface area contributed by atoms with Gasteiger partial charge in [0.25, 0.3) is 0 Å². The number of Topliss-reactive ketones (excluding diaryl/α,β-unsaturated/α-hetero) is 2. The van der Waals surface area contributed by atoms with Gasteiger partial charge in [0.05, 0.1) is 11.5 Å². The minimum Gasteiger partial charge on any atom is -0.293 e. The molecule has 0 amide bonds. The van der Waals surface area contributed by atoms with Crippen LogP contribution in [-0.4, -0.2) is 33.3 Å². The van der Waals surface area contributed by atoms with Crippen LogP contribution in [0.2, 0.25) is 0 Å². The number of benzene rings is 2. The number of aromatic nitrogens is 2. The van der Waals surface area contributed by atoms with Gasteiger partial charge in [-0.3, -0.25) is 9.59 Å². The van der Waals surface area contributed by atoms with E-state index in [-0.39, 0.29) is 11.6 Å². The van der Waals surface area contributed by atoms with Crippen LogP contribution in [0.25, 0.3) is 0 Å². The summed E-state index contributed by atoms with van der Waals surface area (Å²) < 4.78 is 1.48. The molecular weight excluding hydrogens is 420 g/mol. The van der Waals surface area contributed by atoms with Crippen molar-refractivity contribution < 1.29 is 9.59 Å². The van der Waals surface area contributed by atoms with Gasteiger partial charge in [-0.15, -0.1) is 10.2 Å². The summed E-state index contributed by atoms with van der Waals surface area (Å²) in [6.07, 6.45) is 0. The second-order valence-corrected chi connectivity index (χ2v) is 10.3. The van der Waals surface area contributed by atoms with E-state index < -0.39 is 0 Å². The van der Waals surface area contributed by atoms with Gasteiger partial charge in [0.2, 0.25) is 0 Å². The SMILES string of the molecule is Cc1ccc(C(=O)CSc2nnc(SCC(=O)c3ccc(C)cc3C)s2)c(C)c1. The van der Waals surface area contributed by atoms with Gasteiger partial charge in [-0.05, 0) is 38.8 Å². The van der Waals surface area contributed by atoms with Gasteiger partial charge in [-0.2, -0.15) is 0 Å². The van der Waals surface area contributed by atoms with Crippen molar-refractivity contribution in [1.29, 1.82) is 0 Å². The van der Waals surface area contributed by atoms with Crippen LogP contribution in [0.3, 0.4) is 0 Å². The lowest BCUT2D eigenvalue weighted by molar-refractivity contribution is 0.101. The molecule has 0 N–H and O–H groups in total. The molecule has 0 saturated carbocycles. The van der Waals surface area contributed by atoms with Crippen LogP contribution in [0.1, 0.15) is 43.0 Å². The third-order valence-corrected chi connectivity index (χ3v) is 7.60. The Morgan fingerprint density at radius 3 is 1.55 bits per heavy atom. The second kappa shape index (κ2) is 9.69. The number of aryl methyl sites for hydroxylation is 4. The second-order valence-electron chi connectivity index (χ2n) is 6.89. The molecule has 0 fully saturated rings. The fourth-order valence-corrected chi connectivity index (χ4v) is 5.76. The molecule has 0 aliphatic rings. The van der Waals surface area contributed by atoms with Crippen molar-refractivity contribution in [3.63, 3.8) is 0 Å². The van der Waals surface area contributed by atoms with Crippen LogP contribution >= 0.6 is 34.9 Å². The van der Waals surface area contributed by atoms with E-state index in [9.17, 15) is 9.59 Å². The monoisotopic (exact) mass is 442 g/mol. The van der Waals surface area contributed by atoms with Gasteiger partial charge < -0.3 is 0 Å². The summed E-state index contributed by atoms with van der Waals surface area (Å²) in [5.74, 6) is 0.818. The summed E-state index contributed by atoms with van der Waals surface area (Å²) in [6.45, 7) is 7.94. The Bertz CT molecular complexity index is 978. The molecule has 0 unspecified atom stereocenters. The molecule has 1 heterocycles. The van der Waals surface area contributed by atoms with Gasteiger partial charge in [-0.1, -0.05) is 82.4 Å². The first-order chi connectivity index (χ1) is 13.8. The molecule has 1 aromatic heterocycles. The minimum atomic E-state index is 0.0851. The lowest BCUT2D eigenvalue weighted by Gasteiger charge is -2.05. The predicted molar refractivity (Wildman–Crippen MR) is 122 cm³/mol. The van der Waals surface area contributed by atoms with Crippen molar-refractivity contribution >= 4 is 46.4 Å². The van der Waals surface area contributed by atoms with Gasteiger partial charge in [-0.25, -0.2) is 0 Å². The Labute approximate surface area is 183 Å². The highest BCUT2D eigenvalue weighted by Gasteiger charge is 2.14. The number of hydrogen-bond acceptors (Lipinski definition) is 7. The van der Waals surface area contributed by atoms with Crippen LogP contribution in [0.4, 0.5) is 0 Å². The third kappa shape index (κ3) is 5.78. The maximum atomic E-state index is 12.5. The van der Waals surface area contributed by atoms with Crippen molar-refractivity contribution in [1.82, 2.24) is 10.2 Å². The Kier molecular flexibility index (Phi) is 7.27. The maximum Gasteiger partial charge on any atom is 0.175 e. The zero-order valence-electron chi connectivity index (χ0n) is 16.8. The average Bonchev–Trinajstić information content (AvgIpc) is 3.12. The summed E-state index contributed by atoms with van der Waals surface area (Å²) in [5, 5.41) is 8.29. The molecule has 0 spiro atoms. The van der Waals surface area contributed by atoms with Crippen LogP contribution < -0.4 is 0 Å². The molecule has 4 nitrogen and oxygen atoms in total. The molecule has 2 aromatic carbocycles. The van der Waals surface area contributed by atoms with Crippen molar-refractivity contribution in [2.45, 2.75) is 36.4 Å². The fourth-order valence-electron chi connectivity index (χ4n) is 2.98. The van der Waals surface area contributed by atoms with E-state index in [1.807, 2.05) is 64.1 Å². The molecule has 0 atom stereocenters. The molecule has 0 bridgehead atoms. The normalized spacial score (nSPS) is 10.9. The zero-order valence-corrected chi connectivity index (χ0v) is 19.3. The molecule has 0 aliphatic carbocycles. The minimum absolute atomic E-state index is 0.0851. The Hall–Kier alpha value is -1.96. The molecule has 29 heavy (non-hydrogen) atoms. The Balaban J connectivity index is 1.54. The number of rotatable bonds is 8. The fraction of sp³-hybridized carbons (Fsp3) is 0.273. The number of ketones is 2. The summed E-state index contributed by atoms with van der Waals surface area (Å²) in [6, 6.07) is 11.7. The summed E-state index contributed by atoms with van der Waals surface area (Å²) >= 11 is 4.20. The lowest BCUT2D eigenvalue weighted by Crippen LogP contribution is -2.04. The number of thioether (sulfide) groups is 2. The highest BCUT2D eigenvalue weighted by molar-refractivity contribution is 8.03. The third-order valence-electron chi connectivity index (χ3n) is 4.41. The highest BCUT2D eigenvalue weighted by Crippen LogP contribution is 2.30. The first kappa shape index (κ1) is 21.7. The molecule has 3 aromatic rings. The van der Waals surface area contributed by atoms with Crippen molar-refractivity contribution in [2.75, 3.05) is 11.5 Å². The molecule has 150 valence electrons. The molecule has 7 heteroatoms. The van der Waals surface area contributed by atoms with E-state index in [0.29, 0.717) is 11.5 Å². The topological polar surface area (TPSA) is 59.9 Å².